The lowest BCUT2D eigenvalue weighted by molar-refractivity contribution is 0.624. The molecular formula is C15H17BrFN3. The van der Waals surface area contributed by atoms with Crippen molar-refractivity contribution in [3.8, 4) is 0 Å². The molecule has 0 fully saturated rings. The van der Waals surface area contributed by atoms with E-state index < -0.39 is 0 Å². The van der Waals surface area contributed by atoms with E-state index in [-0.39, 0.29) is 5.82 Å². The third-order valence-corrected chi connectivity index (χ3v) is 3.71. The number of aromatic nitrogens is 2. The number of hydrogen-bond donors (Lipinski definition) is 1. The van der Waals surface area contributed by atoms with E-state index in [1.807, 2.05) is 6.07 Å². The van der Waals surface area contributed by atoms with E-state index in [1.165, 1.54) is 12.1 Å². The zero-order valence-corrected chi connectivity index (χ0v) is 13.1. The lowest BCUT2D eigenvalue weighted by Crippen LogP contribution is -2.08. The van der Waals surface area contributed by atoms with Crippen molar-refractivity contribution in [2.24, 2.45) is 5.92 Å². The Morgan fingerprint density at radius 1 is 1.30 bits per heavy atom. The van der Waals surface area contributed by atoms with Gasteiger partial charge in [-0.2, -0.15) is 0 Å². The van der Waals surface area contributed by atoms with Gasteiger partial charge in [0.05, 0.1) is 10.2 Å². The van der Waals surface area contributed by atoms with E-state index in [4.69, 9.17) is 5.73 Å². The third kappa shape index (κ3) is 3.76. The molecule has 0 amide bonds. The topological polar surface area (TPSA) is 51.8 Å². The van der Waals surface area contributed by atoms with Crippen LogP contribution < -0.4 is 5.73 Å². The second-order valence-corrected chi connectivity index (χ2v) is 5.98. The van der Waals surface area contributed by atoms with Crippen molar-refractivity contribution in [3.63, 3.8) is 0 Å². The van der Waals surface area contributed by atoms with Gasteiger partial charge >= 0.3 is 0 Å². The molecule has 0 aliphatic heterocycles. The van der Waals surface area contributed by atoms with E-state index in [0.29, 0.717) is 24.0 Å². The molecule has 0 aliphatic carbocycles. The van der Waals surface area contributed by atoms with Gasteiger partial charge in [-0.05, 0) is 46.0 Å². The number of nitrogens with zero attached hydrogens (tertiary/aromatic N) is 2. The van der Waals surface area contributed by atoms with E-state index in [9.17, 15) is 4.39 Å². The standard InChI is InChI=1S/C15H17BrFN3/c1-9(2)6-12-14(16)15(18)20-13(19-12)8-10-4-3-5-11(17)7-10/h3-5,7,9H,6,8H2,1-2H3,(H2,18,19,20). The molecule has 0 unspecified atom stereocenters. The van der Waals surface area contributed by atoms with Crippen LogP contribution in [0.4, 0.5) is 10.2 Å². The van der Waals surface area contributed by atoms with Crippen LogP contribution in [-0.4, -0.2) is 9.97 Å². The van der Waals surface area contributed by atoms with Crippen LogP contribution in [0.2, 0.25) is 0 Å². The highest BCUT2D eigenvalue weighted by molar-refractivity contribution is 9.10. The molecule has 0 aliphatic rings. The molecule has 5 heteroatoms. The second kappa shape index (κ2) is 6.31. The Morgan fingerprint density at radius 2 is 2.05 bits per heavy atom. The summed E-state index contributed by atoms with van der Waals surface area (Å²) >= 11 is 3.43. The Labute approximate surface area is 126 Å². The molecule has 1 aromatic carbocycles. The Balaban J connectivity index is 2.30. The molecule has 2 aromatic rings. The first-order valence-corrected chi connectivity index (χ1v) is 7.30. The average Bonchev–Trinajstić information content (AvgIpc) is 2.35. The van der Waals surface area contributed by atoms with Crippen LogP contribution in [-0.2, 0) is 12.8 Å². The van der Waals surface area contributed by atoms with Crippen molar-refractivity contribution in [2.75, 3.05) is 5.73 Å². The van der Waals surface area contributed by atoms with Crippen molar-refractivity contribution >= 4 is 21.7 Å². The molecule has 106 valence electrons. The average molecular weight is 338 g/mol. The molecule has 0 bridgehead atoms. The van der Waals surface area contributed by atoms with Gasteiger partial charge in [-0.15, -0.1) is 0 Å². The number of hydrogen-bond acceptors (Lipinski definition) is 3. The zero-order chi connectivity index (χ0) is 14.7. The normalized spacial score (nSPS) is 11.1. The minimum atomic E-state index is -0.255. The monoisotopic (exact) mass is 337 g/mol. The highest BCUT2D eigenvalue weighted by Crippen LogP contribution is 2.24. The van der Waals surface area contributed by atoms with Gasteiger partial charge in [-0.3, -0.25) is 0 Å². The number of anilines is 1. The van der Waals surface area contributed by atoms with Gasteiger partial charge in [0, 0.05) is 6.42 Å². The first kappa shape index (κ1) is 14.9. The van der Waals surface area contributed by atoms with Crippen LogP contribution in [0, 0.1) is 11.7 Å². The summed E-state index contributed by atoms with van der Waals surface area (Å²) in [5.41, 5.74) is 7.65. The number of halogens is 2. The van der Waals surface area contributed by atoms with Crippen LogP contribution in [0.25, 0.3) is 0 Å². The summed E-state index contributed by atoms with van der Waals surface area (Å²) in [4.78, 5) is 8.80. The number of nitrogen functional groups attached to an aromatic ring is 1. The van der Waals surface area contributed by atoms with Gasteiger partial charge in [-0.25, -0.2) is 14.4 Å². The Kier molecular flexibility index (Phi) is 4.70. The maximum Gasteiger partial charge on any atom is 0.141 e. The fourth-order valence-corrected chi connectivity index (χ4v) is 2.34. The van der Waals surface area contributed by atoms with Gasteiger partial charge < -0.3 is 5.73 Å². The molecule has 0 saturated heterocycles. The summed E-state index contributed by atoms with van der Waals surface area (Å²) in [7, 11) is 0. The number of nitrogens with two attached hydrogens (primary N) is 1. The van der Waals surface area contributed by atoms with Crippen molar-refractivity contribution in [1.29, 1.82) is 0 Å². The molecule has 1 heterocycles. The SMILES string of the molecule is CC(C)Cc1nc(Cc2cccc(F)c2)nc(N)c1Br. The minimum absolute atomic E-state index is 0.255. The first-order valence-electron chi connectivity index (χ1n) is 6.51. The van der Waals surface area contributed by atoms with E-state index >= 15 is 0 Å². The van der Waals surface area contributed by atoms with Crippen LogP contribution in [0.15, 0.2) is 28.7 Å². The number of rotatable bonds is 4. The summed E-state index contributed by atoms with van der Waals surface area (Å²) in [6.45, 7) is 4.24. The molecule has 0 atom stereocenters. The van der Waals surface area contributed by atoms with Gasteiger partial charge in [0.1, 0.15) is 17.5 Å². The molecule has 2 rings (SSSR count). The molecule has 1 aromatic heterocycles. The summed E-state index contributed by atoms with van der Waals surface area (Å²) in [5, 5.41) is 0. The highest BCUT2D eigenvalue weighted by atomic mass is 79.9. The molecular weight excluding hydrogens is 321 g/mol. The predicted molar refractivity (Wildman–Crippen MR) is 81.9 cm³/mol. The third-order valence-electron chi connectivity index (χ3n) is 2.84. The summed E-state index contributed by atoms with van der Waals surface area (Å²) in [5.74, 6) is 1.27. The van der Waals surface area contributed by atoms with Gasteiger partial charge in [0.2, 0.25) is 0 Å². The fourth-order valence-electron chi connectivity index (χ4n) is 2.00. The van der Waals surface area contributed by atoms with Gasteiger partial charge in [0.25, 0.3) is 0 Å². The fraction of sp³-hybridized carbons (Fsp3) is 0.333. The van der Waals surface area contributed by atoms with Crippen molar-refractivity contribution in [2.45, 2.75) is 26.7 Å². The molecule has 2 N–H and O–H groups in total. The van der Waals surface area contributed by atoms with E-state index in [1.54, 1.807) is 6.07 Å². The van der Waals surface area contributed by atoms with Gasteiger partial charge in [-0.1, -0.05) is 26.0 Å². The first-order chi connectivity index (χ1) is 9.45. The lowest BCUT2D eigenvalue weighted by Gasteiger charge is -2.11. The maximum absolute atomic E-state index is 13.2. The van der Waals surface area contributed by atoms with Crippen LogP contribution in [0.3, 0.4) is 0 Å². The second-order valence-electron chi connectivity index (χ2n) is 5.19. The van der Waals surface area contributed by atoms with Crippen molar-refractivity contribution in [1.82, 2.24) is 9.97 Å². The molecule has 20 heavy (non-hydrogen) atoms. The quantitative estimate of drug-likeness (QED) is 0.924. The maximum atomic E-state index is 13.2. The minimum Gasteiger partial charge on any atom is -0.383 e. The smallest absolute Gasteiger partial charge is 0.141 e. The van der Waals surface area contributed by atoms with E-state index in [2.05, 4.69) is 39.7 Å². The number of benzene rings is 1. The Bertz CT molecular complexity index is 614. The predicted octanol–water partition coefficient (Wildman–Crippen LogP) is 3.75. The van der Waals surface area contributed by atoms with Gasteiger partial charge in [0.15, 0.2) is 0 Å². The summed E-state index contributed by atoms with van der Waals surface area (Å²) in [6, 6.07) is 6.45. The van der Waals surface area contributed by atoms with Crippen LogP contribution in [0.5, 0.6) is 0 Å². The van der Waals surface area contributed by atoms with Crippen LogP contribution in [0.1, 0.15) is 30.9 Å². The summed E-state index contributed by atoms with van der Waals surface area (Å²) < 4.78 is 14.0. The molecule has 0 spiro atoms. The zero-order valence-electron chi connectivity index (χ0n) is 11.5. The summed E-state index contributed by atoms with van der Waals surface area (Å²) in [6.07, 6.45) is 1.30. The van der Waals surface area contributed by atoms with Crippen LogP contribution >= 0.6 is 15.9 Å². The Morgan fingerprint density at radius 3 is 2.70 bits per heavy atom. The molecule has 3 nitrogen and oxygen atoms in total. The van der Waals surface area contributed by atoms with Crippen molar-refractivity contribution < 1.29 is 4.39 Å². The largest absolute Gasteiger partial charge is 0.383 e. The molecule has 0 radical (unpaired) electrons. The Hall–Kier alpha value is -1.49. The highest BCUT2D eigenvalue weighted by Gasteiger charge is 2.12. The lowest BCUT2D eigenvalue weighted by atomic mass is 10.1. The van der Waals surface area contributed by atoms with E-state index in [0.717, 1.165) is 22.2 Å². The molecule has 0 saturated carbocycles. The van der Waals surface area contributed by atoms with Crippen molar-refractivity contribution in [3.05, 3.63) is 51.6 Å².